The Kier molecular flexibility index (Phi) is 3.85. The highest BCUT2D eigenvalue weighted by molar-refractivity contribution is 7.92. The molecular formula is C14H18O3S. The van der Waals surface area contributed by atoms with Gasteiger partial charge in [0, 0.05) is 5.56 Å². The van der Waals surface area contributed by atoms with Crippen LogP contribution in [0.5, 0.6) is 0 Å². The summed E-state index contributed by atoms with van der Waals surface area (Å²) >= 11 is 0. The van der Waals surface area contributed by atoms with Crippen molar-refractivity contribution in [2.45, 2.75) is 37.9 Å². The zero-order valence-corrected chi connectivity index (χ0v) is 11.4. The van der Waals surface area contributed by atoms with Gasteiger partial charge >= 0.3 is 0 Å². The third-order valence-corrected chi connectivity index (χ3v) is 5.67. The number of sulfone groups is 1. The van der Waals surface area contributed by atoms with E-state index in [1.54, 1.807) is 6.07 Å². The zero-order valence-electron chi connectivity index (χ0n) is 10.6. The molecule has 0 amide bonds. The Morgan fingerprint density at radius 2 is 2.11 bits per heavy atom. The molecular weight excluding hydrogens is 248 g/mol. The molecule has 1 heterocycles. The molecule has 0 aliphatic carbocycles. The first kappa shape index (κ1) is 13.3. The molecule has 3 nitrogen and oxygen atoms in total. The first-order valence-electron chi connectivity index (χ1n) is 6.39. The van der Waals surface area contributed by atoms with E-state index in [9.17, 15) is 13.2 Å². The van der Waals surface area contributed by atoms with E-state index in [0.717, 1.165) is 18.4 Å². The average Bonchev–Trinajstić information content (AvgIpc) is 2.37. The Morgan fingerprint density at radius 3 is 2.78 bits per heavy atom. The van der Waals surface area contributed by atoms with Crippen molar-refractivity contribution in [2.24, 2.45) is 0 Å². The lowest BCUT2D eigenvalue weighted by molar-refractivity contribution is 0.0981. The van der Waals surface area contributed by atoms with E-state index < -0.39 is 15.1 Å². The molecule has 1 saturated heterocycles. The number of benzene rings is 1. The van der Waals surface area contributed by atoms with Crippen molar-refractivity contribution in [1.82, 2.24) is 0 Å². The summed E-state index contributed by atoms with van der Waals surface area (Å²) in [7, 11) is -3.24. The molecule has 1 aliphatic heterocycles. The van der Waals surface area contributed by atoms with Gasteiger partial charge in [-0.2, -0.15) is 0 Å². The Bertz CT molecular complexity index is 546. The van der Waals surface area contributed by atoms with Gasteiger partial charge in [0.05, 0.1) is 5.75 Å². The number of Topliss-reactive ketones (excluding diaryl/α,β-unsaturated/α-hetero) is 1. The van der Waals surface area contributed by atoms with Crippen molar-refractivity contribution in [3.63, 3.8) is 0 Å². The normalized spacial score (nSPS) is 22.6. The molecule has 0 aromatic heterocycles. The van der Waals surface area contributed by atoms with E-state index in [1.807, 2.05) is 25.1 Å². The molecule has 0 radical (unpaired) electrons. The van der Waals surface area contributed by atoms with Gasteiger partial charge < -0.3 is 0 Å². The van der Waals surface area contributed by atoms with Crippen molar-refractivity contribution >= 4 is 15.6 Å². The topological polar surface area (TPSA) is 51.2 Å². The van der Waals surface area contributed by atoms with Crippen LogP contribution in [0.15, 0.2) is 24.3 Å². The van der Waals surface area contributed by atoms with Crippen molar-refractivity contribution in [2.75, 3.05) is 5.75 Å². The molecule has 0 N–H and O–H groups in total. The highest BCUT2D eigenvalue weighted by atomic mass is 32.2. The Morgan fingerprint density at radius 1 is 1.33 bits per heavy atom. The van der Waals surface area contributed by atoms with Crippen LogP contribution in [-0.4, -0.2) is 25.2 Å². The van der Waals surface area contributed by atoms with E-state index in [1.165, 1.54) is 0 Å². The third-order valence-electron chi connectivity index (χ3n) is 3.49. The minimum absolute atomic E-state index is 0.150. The van der Waals surface area contributed by atoms with E-state index in [-0.39, 0.29) is 11.5 Å². The molecule has 98 valence electrons. The summed E-state index contributed by atoms with van der Waals surface area (Å²) in [5, 5.41) is -0.821. The summed E-state index contributed by atoms with van der Waals surface area (Å²) in [5.74, 6) is -0.0818. The molecule has 2 rings (SSSR count). The molecule has 4 heteroatoms. The number of carbonyl (C=O) groups excluding carboxylic acids is 1. The van der Waals surface area contributed by atoms with Gasteiger partial charge in [-0.05, 0) is 30.9 Å². The third kappa shape index (κ3) is 2.64. The Labute approximate surface area is 108 Å². The highest BCUT2D eigenvalue weighted by Gasteiger charge is 2.35. The molecule has 0 spiro atoms. The maximum atomic E-state index is 12.3. The molecule has 1 atom stereocenters. The predicted octanol–water partition coefficient (Wildman–Crippen LogP) is 2.40. The summed E-state index contributed by atoms with van der Waals surface area (Å²) in [6, 6.07) is 7.30. The van der Waals surface area contributed by atoms with Gasteiger partial charge in [0.15, 0.2) is 15.6 Å². The predicted molar refractivity (Wildman–Crippen MR) is 71.6 cm³/mol. The minimum Gasteiger partial charge on any atom is -0.293 e. The van der Waals surface area contributed by atoms with E-state index in [2.05, 4.69) is 0 Å². The molecule has 1 unspecified atom stereocenters. The largest absolute Gasteiger partial charge is 0.293 e. The van der Waals surface area contributed by atoms with Gasteiger partial charge in [-0.15, -0.1) is 0 Å². The molecule has 0 saturated carbocycles. The van der Waals surface area contributed by atoms with Crippen LogP contribution in [0.2, 0.25) is 0 Å². The number of ketones is 1. The van der Waals surface area contributed by atoms with Gasteiger partial charge in [-0.3, -0.25) is 4.79 Å². The second-order valence-electron chi connectivity index (χ2n) is 4.77. The van der Waals surface area contributed by atoms with Crippen LogP contribution in [0.3, 0.4) is 0 Å². The fourth-order valence-corrected chi connectivity index (χ4v) is 4.26. The number of hydrogen-bond acceptors (Lipinski definition) is 3. The fraction of sp³-hybridized carbons (Fsp3) is 0.500. The second-order valence-corrected chi connectivity index (χ2v) is 7.07. The van der Waals surface area contributed by atoms with Crippen LogP contribution in [-0.2, 0) is 16.3 Å². The van der Waals surface area contributed by atoms with E-state index in [4.69, 9.17) is 0 Å². The lowest BCUT2D eigenvalue weighted by Gasteiger charge is -2.21. The minimum atomic E-state index is -3.24. The standard InChI is InChI=1S/C14H18O3S/c1-2-11-6-5-7-12(10-11)14(15)13-8-3-4-9-18(13,16)17/h5-7,10,13H,2-4,8-9H2,1H3. The van der Waals surface area contributed by atoms with Crippen LogP contribution in [0.25, 0.3) is 0 Å². The van der Waals surface area contributed by atoms with Gasteiger partial charge in [-0.25, -0.2) is 8.42 Å². The fourth-order valence-electron chi connectivity index (χ4n) is 2.38. The quantitative estimate of drug-likeness (QED) is 0.789. The lowest BCUT2D eigenvalue weighted by atomic mass is 10.0. The van der Waals surface area contributed by atoms with Crippen LogP contribution in [0, 0.1) is 0 Å². The smallest absolute Gasteiger partial charge is 0.180 e. The molecule has 1 aliphatic rings. The van der Waals surface area contributed by atoms with Crippen LogP contribution in [0.4, 0.5) is 0 Å². The summed E-state index contributed by atoms with van der Waals surface area (Å²) in [4.78, 5) is 12.3. The second kappa shape index (κ2) is 5.22. The van der Waals surface area contributed by atoms with Crippen LogP contribution < -0.4 is 0 Å². The van der Waals surface area contributed by atoms with E-state index in [0.29, 0.717) is 18.4 Å². The maximum Gasteiger partial charge on any atom is 0.180 e. The molecule has 1 aromatic rings. The van der Waals surface area contributed by atoms with Gasteiger partial charge in [0.2, 0.25) is 0 Å². The van der Waals surface area contributed by atoms with Gasteiger partial charge in [-0.1, -0.05) is 31.5 Å². The summed E-state index contributed by atoms with van der Waals surface area (Å²) < 4.78 is 23.9. The maximum absolute atomic E-state index is 12.3. The number of hydrogen-bond donors (Lipinski definition) is 0. The summed E-state index contributed by atoms with van der Waals surface area (Å²) in [6.07, 6.45) is 2.82. The SMILES string of the molecule is CCc1cccc(C(=O)C2CCCCS2(=O)=O)c1. The Balaban J connectivity index is 2.30. The van der Waals surface area contributed by atoms with Gasteiger partial charge in [0.25, 0.3) is 0 Å². The van der Waals surface area contributed by atoms with Crippen molar-refractivity contribution in [1.29, 1.82) is 0 Å². The molecule has 1 aromatic carbocycles. The summed E-state index contributed by atoms with van der Waals surface area (Å²) in [5.41, 5.74) is 1.60. The number of rotatable bonds is 3. The molecule has 18 heavy (non-hydrogen) atoms. The van der Waals surface area contributed by atoms with Crippen molar-refractivity contribution in [3.05, 3.63) is 35.4 Å². The average molecular weight is 266 g/mol. The highest BCUT2D eigenvalue weighted by Crippen LogP contribution is 2.23. The van der Waals surface area contributed by atoms with Crippen molar-refractivity contribution < 1.29 is 13.2 Å². The lowest BCUT2D eigenvalue weighted by Crippen LogP contribution is -2.35. The number of aryl methyl sites for hydroxylation is 1. The first-order valence-corrected chi connectivity index (χ1v) is 8.11. The first-order chi connectivity index (χ1) is 8.54. The molecule has 0 bridgehead atoms. The van der Waals surface area contributed by atoms with Crippen LogP contribution in [0.1, 0.15) is 42.1 Å². The number of carbonyl (C=O) groups is 1. The monoisotopic (exact) mass is 266 g/mol. The van der Waals surface area contributed by atoms with Crippen molar-refractivity contribution in [3.8, 4) is 0 Å². The van der Waals surface area contributed by atoms with Gasteiger partial charge in [0.1, 0.15) is 5.25 Å². The Hall–Kier alpha value is -1.16. The van der Waals surface area contributed by atoms with E-state index >= 15 is 0 Å². The zero-order chi connectivity index (χ0) is 13.2. The van der Waals surface area contributed by atoms with Crippen LogP contribution >= 0.6 is 0 Å². The molecule has 1 fully saturated rings. The summed E-state index contributed by atoms with van der Waals surface area (Å²) in [6.45, 7) is 2.01.